The average Bonchev–Trinajstić information content (AvgIpc) is 2.00. The minimum absolute atomic E-state index is 0.373. The molecule has 78 valence electrons. The number of ether oxygens (including phenoxy) is 1. The summed E-state index contributed by atoms with van der Waals surface area (Å²) in [4.78, 5) is 10.8. The molecule has 0 N–H and O–H groups in total. The maximum atomic E-state index is 10.8. The van der Waals surface area contributed by atoms with Crippen LogP contribution < -0.4 is 0 Å². The van der Waals surface area contributed by atoms with Crippen molar-refractivity contribution >= 4 is 52.4 Å². The van der Waals surface area contributed by atoms with Crippen LogP contribution in [0, 0.1) is 0 Å². The molecule has 0 rings (SSSR count). The van der Waals surface area contributed by atoms with Crippen molar-refractivity contribution in [2.45, 2.75) is 28.4 Å². The van der Waals surface area contributed by atoms with Crippen LogP contribution in [0.15, 0.2) is 0 Å². The van der Waals surface area contributed by atoms with Gasteiger partial charge in [0.15, 0.2) is 3.79 Å². The lowest BCUT2D eigenvalue weighted by Gasteiger charge is -2.11. The lowest BCUT2D eigenvalue weighted by atomic mass is 10.2. The number of carbonyl (C=O) groups is 1. The quantitative estimate of drug-likeness (QED) is 0.577. The number of rotatable bonds is 4. The highest BCUT2D eigenvalue weighted by Crippen LogP contribution is 2.32. The normalized spacial score (nSPS) is 13.9. The van der Waals surface area contributed by atoms with E-state index in [-0.39, 0.29) is 0 Å². The largest absolute Gasteiger partial charge is 0.468 e. The molecule has 0 aliphatic rings. The molecule has 0 aliphatic heterocycles. The highest BCUT2D eigenvalue weighted by Gasteiger charge is 2.21. The molecular formula is C7H10Cl4O2. The molecule has 0 spiro atoms. The van der Waals surface area contributed by atoms with E-state index in [0.717, 1.165) is 0 Å². The molecule has 2 nitrogen and oxygen atoms in total. The average molecular weight is 268 g/mol. The summed E-state index contributed by atoms with van der Waals surface area (Å²) in [6, 6.07) is 0. The van der Waals surface area contributed by atoms with Gasteiger partial charge in [0.25, 0.3) is 0 Å². The van der Waals surface area contributed by atoms with Crippen LogP contribution in [0.4, 0.5) is 0 Å². The maximum Gasteiger partial charge on any atom is 0.323 e. The molecule has 0 heterocycles. The Morgan fingerprint density at radius 1 is 1.46 bits per heavy atom. The molecule has 1 unspecified atom stereocenters. The lowest BCUT2D eigenvalue weighted by molar-refractivity contribution is -0.140. The number of carbonyl (C=O) groups excluding carboxylic acids is 1. The van der Waals surface area contributed by atoms with Gasteiger partial charge in [-0.25, -0.2) is 0 Å². The Labute approximate surface area is 97.4 Å². The predicted molar refractivity (Wildman–Crippen MR) is 55.8 cm³/mol. The Morgan fingerprint density at radius 2 is 2.00 bits per heavy atom. The smallest absolute Gasteiger partial charge is 0.323 e. The highest BCUT2D eigenvalue weighted by molar-refractivity contribution is 6.67. The molecule has 1 atom stereocenters. The number of methoxy groups -OCH3 is 1. The van der Waals surface area contributed by atoms with Gasteiger partial charge in [-0.2, -0.15) is 0 Å². The summed E-state index contributed by atoms with van der Waals surface area (Å²) < 4.78 is 3.15. The number of esters is 1. The third-order valence-electron chi connectivity index (χ3n) is 1.37. The van der Waals surface area contributed by atoms with E-state index in [4.69, 9.17) is 46.4 Å². The van der Waals surface area contributed by atoms with E-state index in [2.05, 4.69) is 4.74 Å². The lowest BCUT2D eigenvalue weighted by Crippen LogP contribution is -2.16. The summed E-state index contributed by atoms with van der Waals surface area (Å²) in [5, 5.41) is -0.655. The summed E-state index contributed by atoms with van der Waals surface area (Å²) in [6.07, 6.45) is 1.39. The van der Waals surface area contributed by atoms with Crippen molar-refractivity contribution in [2.75, 3.05) is 7.11 Å². The second kappa shape index (κ2) is 6.18. The number of halogens is 4. The fourth-order valence-electron chi connectivity index (χ4n) is 0.727. The molecule has 6 heteroatoms. The van der Waals surface area contributed by atoms with Gasteiger partial charge in [0.2, 0.25) is 0 Å². The van der Waals surface area contributed by atoms with Crippen LogP contribution >= 0.6 is 46.4 Å². The van der Waals surface area contributed by atoms with E-state index in [1.165, 1.54) is 7.11 Å². The second-order valence-electron chi connectivity index (χ2n) is 2.50. The van der Waals surface area contributed by atoms with Crippen molar-refractivity contribution in [3.63, 3.8) is 0 Å². The predicted octanol–water partition coefficient (Wildman–Crippen LogP) is 3.31. The molecule has 0 bridgehead atoms. The van der Waals surface area contributed by atoms with Crippen LogP contribution in [0.5, 0.6) is 0 Å². The van der Waals surface area contributed by atoms with Crippen molar-refractivity contribution in [3.05, 3.63) is 0 Å². The third-order valence-corrected chi connectivity index (χ3v) is 2.34. The van der Waals surface area contributed by atoms with Gasteiger partial charge in [-0.15, -0.1) is 11.6 Å². The van der Waals surface area contributed by atoms with Crippen LogP contribution in [0.2, 0.25) is 0 Å². The zero-order valence-electron chi connectivity index (χ0n) is 7.03. The summed E-state index contributed by atoms with van der Waals surface area (Å²) in [6.45, 7) is 0. The Kier molecular flexibility index (Phi) is 6.48. The number of hydrogen-bond acceptors (Lipinski definition) is 2. The molecule has 0 fully saturated rings. The zero-order valence-corrected chi connectivity index (χ0v) is 10.1. The van der Waals surface area contributed by atoms with Crippen molar-refractivity contribution < 1.29 is 9.53 Å². The van der Waals surface area contributed by atoms with E-state index in [1.807, 2.05) is 0 Å². The van der Waals surface area contributed by atoms with Crippen molar-refractivity contribution in [1.82, 2.24) is 0 Å². The van der Waals surface area contributed by atoms with Crippen molar-refractivity contribution in [2.24, 2.45) is 0 Å². The fraction of sp³-hybridized carbons (Fsp3) is 0.857. The molecule has 0 aromatic heterocycles. The summed E-state index contributed by atoms with van der Waals surface area (Å²) in [5.74, 6) is -0.453. The van der Waals surface area contributed by atoms with Gasteiger partial charge in [0, 0.05) is 0 Å². The Balaban J connectivity index is 3.59. The highest BCUT2D eigenvalue weighted by atomic mass is 35.6. The van der Waals surface area contributed by atoms with Crippen molar-refractivity contribution in [3.8, 4) is 0 Å². The van der Waals surface area contributed by atoms with Gasteiger partial charge in [-0.1, -0.05) is 34.8 Å². The van der Waals surface area contributed by atoms with Crippen LogP contribution in [-0.2, 0) is 9.53 Å². The topological polar surface area (TPSA) is 26.3 Å². The van der Waals surface area contributed by atoms with Crippen LogP contribution in [0.3, 0.4) is 0 Å². The minimum Gasteiger partial charge on any atom is -0.468 e. The Hall–Kier alpha value is 0.630. The molecule has 0 saturated carbocycles. The molecule has 0 amide bonds. The van der Waals surface area contributed by atoms with Crippen LogP contribution in [0.25, 0.3) is 0 Å². The van der Waals surface area contributed by atoms with E-state index in [1.54, 1.807) is 0 Å². The Morgan fingerprint density at radius 3 is 2.38 bits per heavy atom. The SMILES string of the molecule is COC(=O)C(Cl)CCCC(Cl)(Cl)Cl. The first-order chi connectivity index (χ1) is 5.87. The van der Waals surface area contributed by atoms with Gasteiger partial charge >= 0.3 is 5.97 Å². The monoisotopic (exact) mass is 266 g/mol. The van der Waals surface area contributed by atoms with Crippen molar-refractivity contribution in [1.29, 1.82) is 0 Å². The van der Waals surface area contributed by atoms with Gasteiger partial charge < -0.3 is 4.74 Å². The van der Waals surface area contributed by atoms with E-state index in [9.17, 15) is 4.79 Å². The van der Waals surface area contributed by atoms with Gasteiger partial charge in [0.1, 0.15) is 5.38 Å². The maximum absolute atomic E-state index is 10.8. The number of hydrogen-bond donors (Lipinski definition) is 0. The molecule has 0 radical (unpaired) electrons. The van der Waals surface area contributed by atoms with Crippen LogP contribution in [0.1, 0.15) is 19.3 Å². The molecule has 0 saturated heterocycles. The van der Waals surface area contributed by atoms with Crippen LogP contribution in [-0.4, -0.2) is 22.2 Å². The molecule has 0 aromatic rings. The first-order valence-corrected chi connectivity index (χ1v) is 5.22. The summed E-state index contributed by atoms with van der Waals surface area (Å²) in [7, 11) is 1.28. The molecule has 0 aromatic carbocycles. The Bertz CT molecular complexity index is 166. The zero-order chi connectivity index (χ0) is 10.5. The van der Waals surface area contributed by atoms with E-state index < -0.39 is 15.1 Å². The molecule has 13 heavy (non-hydrogen) atoms. The van der Waals surface area contributed by atoms with Gasteiger partial charge in [-0.05, 0) is 19.3 Å². The van der Waals surface area contributed by atoms with E-state index >= 15 is 0 Å². The van der Waals surface area contributed by atoms with E-state index in [0.29, 0.717) is 19.3 Å². The van der Waals surface area contributed by atoms with Gasteiger partial charge in [-0.3, -0.25) is 4.79 Å². The standard InChI is InChI=1S/C7H10Cl4O2/c1-13-6(12)5(8)3-2-4-7(9,10)11/h5H,2-4H2,1H3. The third kappa shape index (κ3) is 7.68. The summed E-state index contributed by atoms with van der Waals surface area (Å²) in [5.41, 5.74) is 0. The molecule has 0 aliphatic carbocycles. The minimum atomic E-state index is -1.27. The molecular weight excluding hydrogens is 258 g/mol. The fourth-order valence-corrected chi connectivity index (χ4v) is 1.37. The van der Waals surface area contributed by atoms with Gasteiger partial charge in [0.05, 0.1) is 7.11 Å². The first-order valence-electron chi connectivity index (χ1n) is 3.65. The summed E-state index contributed by atoms with van der Waals surface area (Å²) >= 11 is 22.2. The second-order valence-corrected chi connectivity index (χ2v) is 5.54. The first kappa shape index (κ1) is 13.6. The number of alkyl halides is 4.